The molecular formula is C18H30N2. The normalized spacial score (nSPS) is 20.2. The van der Waals surface area contributed by atoms with Gasteiger partial charge in [-0.1, -0.05) is 26.0 Å². The Balaban J connectivity index is 2.07. The standard InChI is InChI=1S/C18H30N2/c1-14(2)17-6-5-10-20(11-9-17)18-8-7-16(13-19-4)12-15(18)3/h7-8,12,14,17,19H,5-6,9-11,13H2,1-4H3. The fourth-order valence-electron chi connectivity index (χ4n) is 3.42. The summed E-state index contributed by atoms with van der Waals surface area (Å²) in [4.78, 5) is 2.60. The number of hydrogen-bond donors (Lipinski definition) is 1. The van der Waals surface area contributed by atoms with Crippen LogP contribution in [0.5, 0.6) is 0 Å². The summed E-state index contributed by atoms with van der Waals surface area (Å²) in [6.45, 7) is 10.4. The second-order valence-corrected chi connectivity index (χ2v) is 6.57. The number of rotatable bonds is 4. The van der Waals surface area contributed by atoms with E-state index >= 15 is 0 Å². The van der Waals surface area contributed by atoms with Crippen molar-refractivity contribution in [3.05, 3.63) is 29.3 Å². The topological polar surface area (TPSA) is 15.3 Å². The van der Waals surface area contributed by atoms with Gasteiger partial charge in [0, 0.05) is 25.3 Å². The highest BCUT2D eigenvalue weighted by atomic mass is 15.1. The first kappa shape index (κ1) is 15.4. The van der Waals surface area contributed by atoms with Gasteiger partial charge in [0.1, 0.15) is 0 Å². The fourth-order valence-corrected chi connectivity index (χ4v) is 3.42. The summed E-state index contributed by atoms with van der Waals surface area (Å²) in [6.07, 6.45) is 4.07. The first-order valence-electron chi connectivity index (χ1n) is 8.11. The highest BCUT2D eigenvalue weighted by molar-refractivity contribution is 5.54. The lowest BCUT2D eigenvalue weighted by molar-refractivity contribution is 0.351. The van der Waals surface area contributed by atoms with Gasteiger partial charge in [-0.15, -0.1) is 0 Å². The number of nitrogens with zero attached hydrogens (tertiary/aromatic N) is 1. The van der Waals surface area contributed by atoms with Gasteiger partial charge in [0.05, 0.1) is 0 Å². The van der Waals surface area contributed by atoms with Crippen LogP contribution in [0.1, 0.15) is 44.2 Å². The number of anilines is 1. The Kier molecular flexibility index (Phi) is 5.47. The molecule has 1 aromatic rings. The zero-order valence-corrected chi connectivity index (χ0v) is 13.6. The molecule has 112 valence electrons. The van der Waals surface area contributed by atoms with Crippen molar-refractivity contribution in [1.29, 1.82) is 0 Å². The number of benzene rings is 1. The minimum absolute atomic E-state index is 0.828. The van der Waals surface area contributed by atoms with E-state index in [-0.39, 0.29) is 0 Å². The van der Waals surface area contributed by atoms with Crippen molar-refractivity contribution < 1.29 is 0 Å². The molecule has 1 heterocycles. The maximum absolute atomic E-state index is 3.22. The van der Waals surface area contributed by atoms with Gasteiger partial charge in [0.25, 0.3) is 0 Å². The minimum atomic E-state index is 0.828. The zero-order chi connectivity index (χ0) is 14.5. The van der Waals surface area contributed by atoms with E-state index in [1.54, 1.807) is 0 Å². The third-order valence-electron chi connectivity index (χ3n) is 4.70. The van der Waals surface area contributed by atoms with Gasteiger partial charge in [-0.2, -0.15) is 0 Å². The molecule has 1 fully saturated rings. The van der Waals surface area contributed by atoms with Crippen molar-refractivity contribution in [1.82, 2.24) is 5.32 Å². The molecule has 1 aliphatic heterocycles. The van der Waals surface area contributed by atoms with Crippen LogP contribution in [-0.2, 0) is 6.54 Å². The molecule has 1 aliphatic rings. The summed E-state index contributed by atoms with van der Waals surface area (Å²) in [5.74, 6) is 1.73. The average molecular weight is 274 g/mol. The van der Waals surface area contributed by atoms with Crippen LogP contribution in [0.4, 0.5) is 5.69 Å². The van der Waals surface area contributed by atoms with Crippen LogP contribution in [0.25, 0.3) is 0 Å². The van der Waals surface area contributed by atoms with Gasteiger partial charge in [-0.05, 0) is 62.3 Å². The molecule has 0 radical (unpaired) electrons. The Labute approximate surface area is 124 Å². The maximum Gasteiger partial charge on any atom is 0.0396 e. The van der Waals surface area contributed by atoms with E-state index in [9.17, 15) is 0 Å². The smallest absolute Gasteiger partial charge is 0.0396 e. The van der Waals surface area contributed by atoms with Crippen LogP contribution in [0.15, 0.2) is 18.2 Å². The predicted octanol–water partition coefficient (Wildman–Crippen LogP) is 3.98. The van der Waals surface area contributed by atoms with Crippen molar-refractivity contribution in [2.24, 2.45) is 11.8 Å². The molecule has 2 heteroatoms. The van der Waals surface area contributed by atoms with Gasteiger partial charge in [0.15, 0.2) is 0 Å². The Bertz CT molecular complexity index is 425. The third-order valence-corrected chi connectivity index (χ3v) is 4.70. The predicted molar refractivity (Wildman–Crippen MR) is 88.3 cm³/mol. The summed E-state index contributed by atoms with van der Waals surface area (Å²) in [5.41, 5.74) is 4.23. The number of hydrogen-bond acceptors (Lipinski definition) is 2. The molecule has 1 atom stereocenters. The van der Waals surface area contributed by atoms with Crippen LogP contribution in [0.3, 0.4) is 0 Å². The molecule has 0 saturated carbocycles. The quantitative estimate of drug-likeness (QED) is 0.893. The molecule has 1 unspecified atom stereocenters. The largest absolute Gasteiger partial charge is 0.371 e. The first-order chi connectivity index (χ1) is 9.61. The molecule has 20 heavy (non-hydrogen) atoms. The minimum Gasteiger partial charge on any atom is -0.371 e. The fraction of sp³-hybridized carbons (Fsp3) is 0.667. The van der Waals surface area contributed by atoms with Crippen LogP contribution >= 0.6 is 0 Å². The second kappa shape index (κ2) is 7.12. The molecule has 0 bridgehead atoms. The van der Waals surface area contributed by atoms with Gasteiger partial charge in [-0.25, -0.2) is 0 Å². The Hall–Kier alpha value is -1.02. The van der Waals surface area contributed by atoms with Crippen LogP contribution in [0.2, 0.25) is 0 Å². The van der Waals surface area contributed by atoms with E-state index in [2.05, 4.69) is 49.2 Å². The van der Waals surface area contributed by atoms with Gasteiger partial charge in [-0.3, -0.25) is 0 Å². The van der Waals surface area contributed by atoms with Crippen molar-refractivity contribution in [3.8, 4) is 0 Å². The number of aryl methyl sites for hydroxylation is 1. The van der Waals surface area contributed by atoms with E-state index in [1.807, 2.05) is 7.05 Å². The van der Waals surface area contributed by atoms with Crippen molar-refractivity contribution >= 4 is 5.69 Å². The second-order valence-electron chi connectivity index (χ2n) is 6.57. The monoisotopic (exact) mass is 274 g/mol. The van der Waals surface area contributed by atoms with Gasteiger partial charge in [0.2, 0.25) is 0 Å². The zero-order valence-electron chi connectivity index (χ0n) is 13.6. The average Bonchev–Trinajstić information content (AvgIpc) is 2.65. The van der Waals surface area contributed by atoms with E-state index in [0.717, 1.165) is 18.4 Å². The lowest BCUT2D eigenvalue weighted by Crippen LogP contribution is -2.25. The molecular weight excluding hydrogens is 244 g/mol. The lowest BCUT2D eigenvalue weighted by Gasteiger charge is -2.25. The SMILES string of the molecule is CNCc1ccc(N2CCCC(C(C)C)CC2)c(C)c1. The molecule has 1 aromatic carbocycles. The summed E-state index contributed by atoms with van der Waals surface area (Å²) < 4.78 is 0. The summed E-state index contributed by atoms with van der Waals surface area (Å²) in [6, 6.07) is 6.91. The molecule has 1 saturated heterocycles. The van der Waals surface area contributed by atoms with Crippen molar-refractivity contribution in [3.63, 3.8) is 0 Å². The maximum atomic E-state index is 3.22. The molecule has 0 aromatic heterocycles. The lowest BCUT2D eigenvalue weighted by atomic mass is 9.89. The third kappa shape index (κ3) is 3.76. The Morgan fingerprint density at radius 2 is 2.05 bits per heavy atom. The Morgan fingerprint density at radius 3 is 2.70 bits per heavy atom. The van der Waals surface area contributed by atoms with E-state index < -0.39 is 0 Å². The number of nitrogens with one attached hydrogen (secondary N) is 1. The van der Waals surface area contributed by atoms with E-state index in [0.29, 0.717) is 0 Å². The molecule has 0 amide bonds. The molecule has 0 aliphatic carbocycles. The van der Waals surface area contributed by atoms with E-state index in [1.165, 1.54) is 49.2 Å². The first-order valence-corrected chi connectivity index (χ1v) is 8.11. The molecule has 2 rings (SSSR count). The van der Waals surface area contributed by atoms with Gasteiger partial charge < -0.3 is 10.2 Å². The van der Waals surface area contributed by atoms with Crippen LogP contribution < -0.4 is 10.2 Å². The summed E-state index contributed by atoms with van der Waals surface area (Å²) in [5, 5.41) is 3.22. The highest BCUT2D eigenvalue weighted by Crippen LogP contribution is 2.29. The molecule has 1 N–H and O–H groups in total. The summed E-state index contributed by atoms with van der Waals surface area (Å²) >= 11 is 0. The van der Waals surface area contributed by atoms with Crippen molar-refractivity contribution in [2.75, 3.05) is 25.0 Å². The summed E-state index contributed by atoms with van der Waals surface area (Å²) in [7, 11) is 2.00. The van der Waals surface area contributed by atoms with Crippen LogP contribution in [0, 0.1) is 18.8 Å². The van der Waals surface area contributed by atoms with Crippen LogP contribution in [-0.4, -0.2) is 20.1 Å². The van der Waals surface area contributed by atoms with Gasteiger partial charge >= 0.3 is 0 Å². The van der Waals surface area contributed by atoms with E-state index in [4.69, 9.17) is 0 Å². The highest BCUT2D eigenvalue weighted by Gasteiger charge is 2.20. The Morgan fingerprint density at radius 1 is 1.25 bits per heavy atom. The molecule has 0 spiro atoms. The van der Waals surface area contributed by atoms with Crippen molar-refractivity contribution in [2.45, 2.75) is 46.6 Å². The molecule has 2 nitrogen and oxygen atoms in total.